The summed E-state index contributed by atoms with van der Waals surface area (Å²) < 4.78 is 64.4. The highest BCUT2D eigenvalue weighted by Crippen LogP contribution is 2.77. The molecule has 3 unspecified atom stereocenters. The van der Waals surface area contributed by atoms with Gasteiger partial charge in [-0.05, 0) is 130 Å². The van der Waals surface area contributed by atoms with E-state index in [-0.39, 0.29) is 5.75 Å². The maximum atomic E-state index is 13.2. The topological polar surface area (TPSA) is 203 Å². The molecule has 0 radical (unpaired) electrons. The van der Waals surface area contributed by atoms with E-state index in [1.165, 1.54) is 0 Å². The molecule has 1 heterocycles. The highest BCUT2D eigenvalue weighted by Gasteiger charge is 2.47. The molecule has 0 fully saturated rings. The molecule has 0 saturated heterocycles. The van der Waals surface area contributed by atoms with Crippen molar-refractivity contribution in [3.8, 4) is 64.8 Å². The van der Waals surface area contributed by atoms with Crippen LogP contribution in [0.1, 0.15) is 74.9 Å². The Hall–Kier alpha value is -8.72. The van der Waals surface area contributed by atoms with Gasteiger partial charge in [0.15, 0.2) is 0 Å². The van der Waals surface area contributed by atoms with Crippen molar-refractivity contribution in [1.29, 1.82) is 15.8 Å². The van der Waals surface area contributed by atoms with Gasteiger partial charge in [-0.3, -0.25) is 0 Å². The van der Waals surface area contributed by atoms with E-state index in [0.29, 0.717) is 40.2 Å². The van der Waals surface area contributed by atoms with E-state index in [1.54, 1.807) is 140 Å². The van der Waals surface area contributed by atoms with Gasteiger partial charge in [-0.1, -0.05) is 155 Å². The summed E-state index contributed by atoms with van der Waals surface area (Å²) in [5.74, 6) is 2.78. The standard InChI is InChI=1S/C60H53N6O9P3/c1-58(2,44-17-29-50(30-18-44)68-41-61)47-23-35-55(36-24-47)71-76(67)64-77(72-53-13-9-7-10-14-53,74-56-37-25-48(26-38-56)59(3,4)45-19-31-51(32-20-45)69-42-62)66-78(65-76,73-54-15-11-8-12-16-54)75-57-39-27-49(28-40-57)60(5,6)46-21-33-52(34-22-46)70-43-63/h7-40,67H,1-6H3. The van der Waals surface area contributed by atoms with Crippen molar-refractivity contribution in [2.45, 2.75) is 57.8 Å². The van der Waals surface area contributed by atoms with Crippen molar-refractivity contribution in [2.24, 2.45) is 13.5 Å². The Morgan fingerprint density at radius 3 is 0.808 bits per heavy atom. The lowest BCUT2D eigenvalue weighted by Crippen LogP contribution is -2.18. The van der Waals surface area contributed by atoms with E-state index in [1.807, 2.05) is 84.9 Å². The average Bonchev–Trinajstić information content (AvgIpc) is 3.52. The summed E-state index contributed by atoms with van der Waals surface area (Å²) in [6, 6.07) is 61.8. The highest BCUT2D eigenvalue weighted by molar-refractivity contribution is 7.78. The number of benzene rings is 8. The quantitative estimate of drug-likeness (QED) is 0.0594. The lowest BCUT2D eigenvalue weighted by atomic mass is 9.78. The molecule has 15 nitrogen and oxygen atoms in total. The van der Waals surface area contributed by atoms with E-state index in [4.69, 9.17) is 66.2 Å². The van der Waals surface area contributed by atoms with Gasteiger partial charge in [-0.2, -0.15) is 0 Å². The fraction of sp³-hybridized carbons (Fsp3) is 0.150. The second kappa shape index (κ2) is 22.5. The number of hydrogen-bond acceptors (Lipinski definition) is 14. The third-order valence-corrected chi connectivity index (χ3v) is 21.0. The van der Waals surface area contributed by atoms with Crippen LogP contribution >= 0.6 is 23.0 Å². The molecule has 9 rings (SSSR count). The van der Waals surface area contributed by atoms with Crippen LogP contribution < -0.4 is 36.8 Å². The van der Waals surface area contributed by atoms with Crippen LogP contribution in [0, 0.1) is 34.6 Å². The molecule has 0 amide bonds. The molecule has 8 aromatic rings. The predicted octanol–water partition coefficient (Wildman–Crippen LogP) is 16.8. The van der Waals surface area contributed by atoms with Crippen LogP contribution in [-0.2, 0) is 16.2 Å². The van der Waals surface area contributed by atoms with Crippen molar-refractivity contribution in [3.63, 3.8) is 0 Å². The van der Waals surface area contributed by atoms with Gasteiger partial charge in [0.2, 0.25) is 0 Å². The highest BCUT2D eigenvalue weighted by atomic mass is 31.3. The first-order chi connectivity index (χ1) is 37.4. The molecule has 0 aromatic heterocycles. The Morgan fingerprint density at radius 1 is 0.308 bits per heavy atom. The summed E-state index contributed by atoms with van der Waals surface area (Å²) >= 11 is 0. The molecule has 78 heavy (non-hydrogen) atoms. The summed E-state index contributed by atoms with van der Waals surface area (Å²) in [4.78, 5) is 13.2. The Morgan fingerprint density at radius 2 is 0.538 bits per heavy atom. The predicted molar refractivity (Wildman–Crippen MR) is 300 cm³/mol. The summed E-state index contributed by atoms with van der Waals surface area (Å²) in [5, 5.41) is 27.1. The minimum Gasteiger partial charge on any atom is -0.422 e. The molecular formula is C60H53N6O9P3. The van der Waals surface area contributed by atoms with Crippen molar-refractivity contribution in [1.82, 2.24) is 0 Å². The van der Waals surface area contributed by atoms with Gasteiger partial charge in [0, 0.05) is 16.2 Å². The van der Waals surface area contributed by atoms with Crippen LogP contribution in [0.25, 0.3) is 0 Å². The Bertz CT molecular complexity index is 3550. The van der Waals surface area contributed by atoms with E-state index >= 15 is 0 Å². The zero-order valence-electron chi connectivity index (χ0n) is 43.4. The van der Waals surface area contributed by atoms with Crippen LogP contribution in [0.4, 0.5) is 0 Å². The van der Waals surface area contributed by atoms with Crippen LogP contribution in [-0.4, -0.2) is 4.89 Å². The minimum atomic E-state index is -4.52. The van der Waals surface area contributed by atoms with E-state index in [0.717, 1.165) is 33.4 Å². The maximum absolute atomic E-state index is 13.2. The Labute approximate surface area is 454 Å². The molecule has 0 aliphatic carbocycles. The summed E-state index contributed by atoms with van der Waals surface area (Å²) in [6.07, 6.45) is 5.13. The fourth-order valence-electron chi connectivity index (χ4n) is 8.64. The molecule has 0 spiro atoms. The summed E-state index contributed by atoms with van der Waals surface area (Å²) in [5.41, 5.74) is 4.20. The summed E-state index contributed by atoms with van der Waals surface area (Å²) in [6.45, 7) is 12.5. The van der Waals surface area contributed by atoms with Crippen LogP contribution in [0.3, 0.4) is 0 Å². The van der Waals surface area contributed by atoms with Crippen molar-refractivity contribution in [2.75, 3.05) is 0 Å². The van der Waals surface area contributed by atoms with Gasteiger partial charge in [0.1, 0.15) is 46.0 Å². The first-order valence-corrected chi connectivity index (χ1v) is 29.1. The van der Waals surface area contributed by atoms with Crippen LogP contribution in [0.2, 0.25) is 0 Å². The van der Waals surface area contributed by atoms with Crippen LogP contribution in [0.5, 0.6) is 46.0 Å². The normalized spacial score (nSPS) is 17.8. The molecule has 1 aliphatic heterocycles. The second-order valence-electron chi connectivity index (χ2n) is 19.4. The maximum Gasteiger partial charge on any atom is 0.460 e. The van der Waals surface area contributed by atoms with E-state index in [9.17, 15) is 4.89 Å². The van der Waals surface area contributed by atoms with Crippen molar-refractivity contribution < 1.29 is 41.7 Å². The van der Waals surface area contributed by atoms with Gasteiger partial charge < -0.3 is 41.7 Å². The van der Waals surface area contributed by atoms with Crippen molar-refractivity contribution >= 4 is 23.0 Å². The number of ether oxygens (including phenoxy) is 3. The Balaban J connectivity index is 1.17. The molecule has 0 bridgehead atoms. The molecule has 3 atom stereocenters. The van der Waals surface area contributed by atoms with Crippen LogP contribution in [0.15, 0.2) is 220 Å². The number of hydrogen-bond donors (Lipinski definition) is 1. The zero-order chi connectivity index (χ0) is 55.0. The molecule has 1 N–H and O–H groups in total. The van der Waals surface area contributed by atoms with E-state index < -0.39 is 39.2 Å². The van der Waals surface area contributed by atoms with Gasteiger partial charge >= 0.3 is 23.0 Å². The zero-order valence-corrected chi connectivity index (χ0v) is 46.1. The fourth-order valence-corrected chi connectivity index (χ4v) is 17.1. The van der Waals surface area contributed by atoms with Gasteiger partial charge in [-0.25, -0.2) is 0 Å². The van der Waals surface area contributed by atoms with E-state index in [2.05, 4.69) is 41.5 Å². The SMILES string of the molecule is CC(C)(c1ccc(OC#N)cc1)c1ccc(OP2(O)=NP(Oc3ccccc3)(Oc3ccc(C(C)(C)c4ccc(OC#N)cc4)cc3)=NP(Oc3ccccc3)(Oc3ccc(C(C)(C)c4ccc(OC#N)cc4)cc3)=N2)cc1. The number of rotatable bonds is 19. The Kier molecular flexibility index (Phi) is 15.6. The summed E-state index contributed by atoms with van der Waals surface area (Å²) in [7, 11) is -13.0. The molecule has 18 heteroatoms. The smallest absolute Gasteiger partial charge is 0.422 e. The minimum absolute atomic E-state index is 0.228. The number of para-hydroxylation sites is 2. The monoisotopic (exact) mass is 1090 g/mol. The molecule has 1 aliphatic rings. The number of nitriles is 3. The number of nitrogens with zero attached hydrogens (tertiary/aromatic N) is 6. The molecule has 392 valence electrons. The molecule has 8 aromatic carbocycles. The van der Waals surface area contributed by atoms with Crippen molar-refractivity contribution in [3.05, 3.63) is 240 Å². The van der Waals surface area contributed by atoms with Gasteiger partial charge in [0.05, 0.1) is 0 Å². The molecular weight excluding hydrogens is 1040 g/mol. The average molecular weight is 1100 g/mol. The molecule has 0 saturated carbocycles. The lowest BCUT2D eigenvalue weighted by Gasteiger charge is -2.32. The third-order valence-electron chi connectivity index (χ3n) is 13.2. The second-order valence-corrected chi connectivity index (χ2v) is 25.5. The van der Waals surface area contributed by atoms with Gasteiger partial charge in [0.25, 0.3) is 18.8 Å². The van der Waals surface area contributed by atoms with Gasteiger partial charge in [-0.15, -0.1) is 24.8 Å². The first kappa shape index (κ1) is 54.1. The lowest BCUT2D eigenvalue weighted by molar-refractivity contribution is 0.441. The third kappa shape index (κ3) is 12.3. The largest absolute Gasteiger partial charge is 0.460 e. The first-order valence-electron chi connectivity index (χ1n) is 24.5.